The molecule has 0 spiro atoms. The van der Waals surface area contributed by atoms with Gasteiger partial charge in [0.05, 0.1) is 11.2 Å². The third kappa shape index (κ3) is 2.57. The maximum atomic E-state index is 9.07. The van der Waals surface area contributed by atoms with Crippen LogP contribution in [-0.4, -0.2) is 16.7 Å². The van der Waals surface area contributed by atoms with E-state index in [1.54, 1.807) is 11.3 Å². The van der Waals surface area contributed by atoms with Gasteiger partial charge in [-0.25, -0.2) is 4.98 Å². The minimum absolute atomic E-state index is 0.259. The summed E-state index contributed by atoms with van der Waals surface area (Å²) in [6.45, 7) is 4.52. The van der Waals surface area contributed by atoms with Gasteiger partial charge in [0.2, 0.25) is 0 Å². The monoisotopic (exact) mass is 185 g/mol. The molecule has 1 unspecified atom stereocenters. The average Bonchev–Trinajstić information content (AvgIpc) is 2.51. The van der Waals surface area contributed by atoms with Crippen molar-refractivity contribution in [1.29, 1.82) is 0 Å². The molecule has 1 aromatic rings. The molecule has 12 heavy (non-hydrogen) atoms. The van der Waals surface area contributed by atoms with Gasteiger partial charge in [0, 0.05) is 12.0 Å². The van der Waals surface area contributed by atoms with E-state index in [1.165, 1.54) is 0 Å². The van der Waals surface area contributed by atoms with Crippen LogP contribution in [0.4, 0.5) is 0 Å². The third-order valence-corrected chi connectivity index (χ3v) is 2.77. The van der Waals surface area contributed by atoms with Gasteiger partial charge in [0.15, 0.2) is 0 Å². The second-order valence-corrected chi connectivity index (χ2v) is 4.09. The summed E-state index contributed by atoms with van der Waals surface area (Å²) < 4.78 is 0. The van der Waals surface area contributed by atoms with Crippen LogP contribution in [0.25, 0.3) is 0 Å². The highest BCUT2D eigenvalue weighted by molar-refractivity contribution is 7.07. The van der Waals surface area contributed by atoms with E-state index in [0.717, 1.165) is 12.1 Å². The first-order valence-electron chi connectivity index (χ1n) is 4.22. The maximum Gasteiger partial charge on any atom is 0.0794 e. The highest BCUT2D eigenvalue weighted by Gasteiger charge is 2.13. The lowest BCUT2D eigenvalue weighted by Gasteiger charge is -2.16. The summed E-state index contributed by atoms with van der Waals surface area (Å²) in [5.74, 6) is 0.879. The van der Waals surface area contributed by atoms with Gasteiger partial charge in [0.25, 0.3) is 0 Å². The quantitative estimate of drug-likeness (QED) is 0.777. The molecule has 1 aromatic heterocycles. The Hall–Kier alpha value is -0.410. The van der Waals surface area contributed by atoms with E-state index in [1.807, 2.05) is 10.9 Å². The van der Waals surface area contributed by atoms with Crippen molar-refractivity contribution in [3.8, 4) is 0 Å². The molecule has 0 aliphatic heterocycles. The van der Waals surface area contributed by atoms with E-state index in [0.29, 0.717) is 11.8 Å². The smallest absolute Gasteiger partial charge is 0.0794 e. The number of rotatable bonds is 4. The van der Waals surface area contributed by atoms with Gasteiger partial charge in [-0.05, 0) is 18.3 Å². The zero-order valence-corrected chi connectivity index (χ0v) is 8.34. The molecule has 1 heterocycles. The number of thiazole rings is 1. The van der Waals surface area contributed by atoms with Crippen molar-refractivity contribution < 1.29 is 5.11 Å². The molecule has 0 amide bonds. The molecule has 0 aliphatic rings. The molecule has 0 saturated carbocycles. The summed E-state index contributed by atoms with van der Waals surface area (Å²) in [6, 6.07) is 0. The zero-order valence-electron chi connectivity index (χ0n) is 7.53. The number of hydrogen-bond donors (Lipinski definition) is 1. The third-order valence-electron chi connectivity index (χ3n) is 2.13. The summed E-state index contributed by atoms with van der Waals surface area (Å²) in [7, 11) is 0. The highest BCUT2D eigenvalue weighted by Crippen LogP contribution is 2.16. The number of aliphatic hydroxyl groups excluding tert-OH is 1. The molecule has 1 rings (SSSR count). The fourth-order valence-corrected chi connectivity index (χ4v) is 1.69. The molecule has 0 saturated heterocycles. The van der Waals surface area contributed by atoms with E-state index >= 15 is 0 Å². The van der Waals surface area contributed by atoms with Gasteiger partial charge in [-0.3, -0.25) is 0 Å². The Morgan fingerprint density at radius 1 is 1.58 bits per heavy atom. The first-order valence-corrected chi connectivity index (χ1v) is 5.16. The maximum absolute atomic E-state index is 9.07. The second kappa shape index (κ2) is 4.58. The number of aromatic nitrogens is 1. The van der Waals surface area contributed by atoms with Gasteiger partial charge >= 0.3 is 0 Å². The Bertz CT molecular complexity index is 208. The Labute approximate surface area is 77.3 Å². The topological polar surface area (TPSA) is 33.1 Å². The molecule has 3 heteroatoms. The van der Waals surface area contributed by atoms with Crippen LogP contribution in [0.15, 0.2) is 10.9 Å². The molecule has 68 valence electrons. The van der Waals surface area contributed by atoms with Gasteiger partial charge in [-0.15, -0.1) is 11.3 Å². The van der Waals surface area contributed by atoms with Crippen molar-refractivity contribution >= 4 is 11.3 Å². The van der Waals surface area contributed by atoms with Crippen LogP contribution >= 0.6 is 11.3 Å². The van der Waals surface area contributed by atoms with Crippen LogP contribution in [0, 0.1) is 11.8 Å². The molecule has 0 fully saturated rings. The minimum atomic E-state index is 0.259. The molecule has 1 atom stereocenters. The fourth-order valence-electron chi connectivity index (χ4n) is 1.12. The second-order valence-electron chi connectivity index (χ2n) is 3.37. The molecular formula is C9H15NOS. The first-order chi connectivity index (χ1) is 5.74. The minimum Gasteiger partial charge on any atom is -0.396 e. The molecule has 2 nitrogen and oxygen atoms in total. The SMILES string of the molecule is CC(C)C(CO)Cc1cscn1. The number of hydrogen-bond acceptors (Lipinski definition) is 3. The Morgan fingerprint density at radius 3 is 2.75 bits per heavy atom. The standard InChI is InChI=1S/C9H15NOS/c1-7(2)8(4-11)3-9-5-12-6-10-9/h5-8,11H,3-4H2,1-2H3. The summed E-state index contributed by atoms with van der Waals surface area (Å²) in [5, 5.41) is 11.1. The van der Waals surface area contributed by atoms with E-state index in [2.05, 4.69) is 18.8 Å². The fraction of sp³-hybridized carbons (Fsp3) is 0.667. The summed E-state index contributed by atoms with van der Waals surface area (Å²) in [5.41, 5.74) is 2.94. The Kier molecular flexibility index (Phi) is 3.69. The van der Waals surface area contributed by atoms with Crippen molar-refractivity contribution in [2.75, 3.05) is 6.61 Å². The lowest BCUT2D eigenvalue weighted by molar-refractivity contribution is 0.188. The molecule has 0 aliphatic carbocycles. The normalized spacial score (nSPS) is 13.7. The predicted octanol–water partition coefficient (Wildman–Crippen LogP) is 1.95. The van der Waals surface area contributed by atoms with E-state index in [-0.39, 0.29) is 6.61 Å². The Morgan fingerprint density at radius 2 is 2.33 bits per heavy atom. The van der Waals surface area contributed by atoms with E-state index in [4.69, 9.17) is 5.11 Å². The summed E-state index contributed by atoms with van der Waals surface area (Å²) >= 11 is 1.61. The van der Waals surface area contributed by atoms with Gasteiger partial charge in [-0.2, -0.15) is 0 Å². The van der Waals surface area contributed by atoms with Crippen LogP contribution < -0.4 is 0 Å². The van der Waals surface area contributed by atoms with Crippen molar-refractivity contribution in [3.63, 3.8) is 0 Å². The van der Waals surface area contributed by atoms with Crippen LogP contribution in [-0.2, 0) is 6.42 Å². The molecular weight excluding hydrogens is 170 g/mol. The van der Waals surface area contributed by atoms with Crippen LogP contribution in [0.5, 0.6) is 0 Å². The summed E-state index contributed by atoms with van der Waals surface area (Å²) in [6.07, 6.45) is 0.900. The van der Waals surface area contributed by atoms with Crippen LogP contribution in [0.1, 0.15) is 19.5 Å². The van der Waals surface area contributed by atoms with Gasteiger partial charge in [-0.1, -0.05) is 13.8 Å². The Balaban J connectivity index is 2.48. The summed E-state index contributed by atoms with van der Waals surface area (Å²) in [4.78, 5) is 4.19. The largest absolute Gasteiger partial charge is 0.396 e. The zero-order chi connectivity index (χ0) is 8.97. The number of aliphatic hydroxyl groups is 1. The van der Waals surface area contributed by atoms with Crippen LogP contribution in [0.3, 0.4) is 0 Å². The number of nitrogens with zero attached hydrogens (tertiary/aromatic N) is 1. The molecule has 0 bridgehead atoms. The molecule has 1 N–H and O–H groups in total. The van der Waals surface area contributed by atoms with Crippen LogP contribution in [0.2, 0.25) is 0 Å². The van der Waals surface area contributed by atoms with Gasteiger partial charge in [0.1, 0.15) is 0 Å². The van der Waals surface area contributed by atoms with E-state index < -0.39 is 0 Å². The van der Waals surface area contributed by atoms with Gasteiger partial charge < -0.3 is 5.11 Å². The van der Waals surface area contributed by atoms with E-state index in [9.17, 15) is 0 Å². The van der Waals surface area contributed by atoms with Crippen molar-refractivity contribution in [2.24, 2.45) is 11.8 Å². The molecule has 0 aromatic carbocycles. The lowest BCUT2D eigenvalue weighted by atomic mass is 9.92. The first kappa shape index (κ1) is 9.68. The lowest BCUT2D eigenvalue weighted by Crippen LogP contribution is -2.16. The average molecular weight is 185 g/mol. The van der Waals surface area contributed by atoms with Crippen molar-refractivity contribution in [2.45, 2.75) is 20.3 Å². The molecule has 0 radical (unpaired) electrons. The highest BCUT2D eigenvalue weighted by atomic mass is 32.1. The van der Waals surface area contributed by atoms with Crippen molar-refractivity contribution in [1.82, 2.24) is 4.98 Å². The van der Waals surface area contributed by atoms with Crippen molar-refractivity contribution in [3.05, 3.63) is 16.6 Å². The predicted molar refractivity (Wildman–Crippen MR) is 51.2 cm³/mol.